The van der Waals surface area contributed by atoms with Crippen molar-refractivity contribution in [2.75, 3.05) is 24.7 Å². The van der Waals surface area contributed by atoms with Gasteiger partial charge >= 0.3 is 6.03 Å². The maximum Gasteiger partial charge on any atom is 0.319 e. The Morgan fingerprint density at radius 2 is 2.00 bits per heavy atom. The number of anilines is 2. The van der Waals surface area contributed by atoms with Gasteiger partial charge < -0.3 is 21.1 Å². The SMILES string of the molecule is COc1cccc(CCNC(=O)Nc2cccc(N)c2)c1. The van der Waals surface area contributed by atoms with Crippen LogP contribution >= 0.6 is 0 Å². The van der Waals surface area contributed by atoms with E-state index in [1.807, 2.05) is 24.3 Å². The predicted molar refractivity (Wildman–Crippen MR) is 84.6 cm³/mol. The van der Waals surface area contributed by atoms with Crippen LogP contribution in [-0.4, -0.2) is 19.7 Å². The zero-order valence-electron chi connectivity index (χ0n) is 11.9. The molecule has 110 valence electrons. The van der Waals surface area contributed by atoms with Gasteiger partial charge in [0, 0.05) is 17.9 Å². The highest BCUT2D eigenvalue weighted by Gasteiger charge is 2.02. The molecule has 0 aliphatic rings. The molecule has 0 saturated carbocycles. The average molecular weight is 285 g/mol. The summed E-state index contributed by atoms with van der Waals surface area (Å²) in [5, 5.41) is 5.54. The van der Waals surface area contributed by atoms with E-state index >= 15 is 0 Å². The number of ether oxygens (including phenoxy) is 1. The van der Waals surface area contributed by atoms with E-state index in [1.165, 1.54) is 0 Å². The van der Waals surface area contributed by atoms with Crippen LogP contribution in [0.3, 0.4) is 0 Å². The Bertz CT molecular complexity index is 614. The van der Waals surface area contributed by atoms with Gasteiger partial charge in [-0.15, -0.1) is 0 Å². The maximum atomic E-state index is 11.7. The topological polar surface area (TPSA) is 76.4 Å². The number of hydrogen-bond donors (Lipinski definition) is 3. The second-order valence-corrected chi connectivity index (χ2v) is 4.61. The fraction of sp³-hybridized carbons (Fsp3) is 0.188. The van der Waals surface area contributed by atoms with Gasteiger partial charge in [0.1, 0.15) is 5.75 Å². The minimum atomic E-state index is -0.247. The molecule has 0 saturated heterocycles. The summed E-state index contributed by atoms with van der Waals surface area (Å²) in [7, 11) is 1.64. The maximum absolute atomic E-state index is 11.7. The molecule has 4 N–H and O–H groups in total. The van der Waals surface area contributed by atoms with Crippen LogP contribution in [0.25, 0.3) is 0 Å². The molecule has 0 aliphatic carbocycles. The van der Waals surface area contributed by atoms with Gasteiger partial charge in [0.05, 0.1) is 7.11 Å². The van der Waals surface area contributed by atoms with E-state index in [4.69, 9.17) is 10.5 Å². The molecular weight excluding hydrogens is 266 g/mol. The molecule has 5 nitrogen and oxygen atoms in total. The van der Waals surface area contributed by atoms with E-state index in [0.29, 0.717) is 17.9 Å². The Morgan fingerprint density at radius 3 is 2.76 bits per heavy atom. The van der Waals surface area contributed by atoms with Crippen molar-refractivity contribution in [3.8, 4) is 5.75 Å². The third-order valence-corrected chi connectivity index (χ3v) is 2.98. The van der Waals surface area contributed by atoms with Gasteiger partial charge in [0.2, 0.25) is 0 Å². The molecule has 2 amide bonds. The van der Waals surface area contributed by atoms with Crippen LogP contribution in [0.15, 0.2) is 48.5 Å². The summed E-state index contributed by atoms with van der Waals surface area (Å²) in [5.74, 6) is 0.816. The van der Waals surface area contributed by atoms with Gasteiger partial charge in [-0.2, -0.15) is 0 Å². The zero-order chi connectivity index (χ0) is 15.1. The molecule has 0 radical (unpaired) electrons. The van der Waals surface area contributed by atoms with E-state index in [0.717, 1.165) is 17.7 Å². The minimum absolute atomic E-state index is 0.247. The first kappa shape index (κ1) is 14.7. The highest BCUT2D eigenvalue weighted by molar-refractivity contribution is 5.89. The number of carbonyl (C=O) groups is 1. The quantitative estimate of drug-likeness (QED) is 0.739. The monoisotopic (exact) mass is 285 g/mol. The Morgan fingerprint density at radius 1 is 1.19 bits per heavy atom. The molecule has 0 fully saturated rings. The summed E-state index contributed by atoms with van der Waals surface area (Å²) >= 11 is 0. The fourth-order valence-electron chi connectivity index (χ4n) is 1.94. The standard InChI is InChI=1S/C16H19N3O2/c1-21-15-7-2-4-12(10-15)8-9-18-16(20)19-14-6-3-5-13(17)11-14/h2-7,10-11H,8-9,17H2,1H3,(H2,18,19,20). The molecule has 0 aromatic heterocycles. The van der Waals surface area contributed by atoms with Crippen molar-refractivity contribution >= 4 is 17.4 Å². The Labute approximate surface area is 124 Å². The third-order valence-electron chi connectivity index (χ3n) is 2.98. The highest BCUT2D eigenvalue weighted by Crippen LogP contribution is 2.13. The smallest absolute Gasteiger partial charge is 0.319 e. The molecule has 0 spiro atoms. The summed E-state index contributed by atoms with van der Waals surface area (Å²) in [5.41, 5.74) is 8.05. The number of nitrogen functional groups attached to an aromatic ring is 1. The molecule has 2 aromatic rings. The molecular formula is C16H19N3O2. The molecule has 0 heterocycles. The molecule has 0 aliphatic heterocycles. The number of methoxy groups -OCH3 is 1. The average Bonchev–Trinajstić information content (AvgIpc) is 2.47. The van der Waals surface area contributed by atoms with Gasteiger partial charge in [0.15, 0.2) is 0 Å². The van der Waals surface area contributed by atoms with Crippen LogP contribution < -0.4 is 21.1 Å². The third kappa shape index (κ3) is 4.72. The van der Waals surface area contributed by atoms with E-state index in [9.17, 15) is 4.79 Å². The summed E-state index contributed by atoms with van der Waals surface area (Å²) in [6.07, 6.45) is 0.738. The lowest BCUT2D eigenvalue weighted by Gasteiger charge is -2.08. The first-order valence-electron chi connectivity index (χ1n) is 6.71. The highest BCUT2D eigenvalue weighted by atomic mass is 16.5. The van der Waals surface area contributed by atoms with Gasteiger partial charge in [-0.3, -0.25) is 0 Å². The second-order valence-electron chi connectivity index (χ2n) is 4.61. The van der Waals surface area contributed by atoms with Crippen LogP contribution in [0.2, 0.25) is 0 Å². The van der Waals surface area contributed by atoms with Crippen molar-refractivity contribution in [1.29, 1.82) is 0 Å². The van der Waals surface area contributed by atoms with E-state index in [2.05, 4.69) is 10.6 Å². The largest absolute Gasteiger partial charge is 0.497 e. The Kier molecular flexibility index (Phi) is 5.04. The van der Waals surface area contributed by atoms with E-state index in [-0.39, 0.29) is 6.03 Å². The number of benzene rings is 2. The Hall–Kier alpha value is -2.69. The lowest BCUT2D eigenvalue weighted by Crippen LogP contribution is -2.30. The lowest BCUT2D eigenvalue weighted by molar-refractivity contribution is 0.252. The molecule has 5 heteroatoms. The fourth-order valence-corrected chi connectivity index (χ4v) is 1.94. The summed E-state index contributed by atoms with van der Waals surface area (Å²) in [6.45, 7) is 0.543. The number of urea groups is 1. The number of amides is 2. The number of nitrogens with two attached hydrogens (primary N) is 1. The van der Waals surface area contributed by atoms with Crippen molar-refractivity contribution in [1.82, 2.24) is 5.32 Å². The van der Waals surface area contributed by atoms with Crippen LogP contribution in [0.1, 0.15) is 5.56 Å². The van der Waals surface area contributed by atoms with Crippen molar-refractivity contribution in [2.45, 2.75) is 6.42 Å². The molecule has 2 rings (SSSR count). The summed E-state index contributed by atoms with van der Waals surface area (Å²) in [6, 6.07) is 14.6. The van der Waals surface area contributed by atoms with Gasteiger partial charge in [0.25, 0.3) is 0 Å². The number of carbonyl (C=O) groups excluding carboxylic acids is 1. The molecule has 0 bridgehead atoms. The van der Waals surface area contributed by atoms with Crippen LogP contribution in [-0.2, 0) is 6.42 Å². The zero-order valence-corrected chi connectivity index (χ0v) is 11.9. The Balaban J connectivity index is 1.79. The minimum Gasteiger partial charge on any atom is -0.497 e. The molecule has 21 heavy (non-hydrogen) atoms. The summed E-state index contributed by atoms with van der Waals surface area (Å²) in [4.78, 5) is 11.7. The normalized spacial score (nSPS) is 9.95. The molecule has 0 atom stereocenters. The lowest BCUT2D eigenvalue weighted by atomic mass is 10.1. The second kappa shape index (κ2) is 7.19. The number of hydrogen-bond acceptors (Lipinski definition) is 3. The van der Waals surface area contributed by atoms with Gasteiger partial charge in [-0.25, -0.2) is 4.79 Å². The van der Waals surface area contributed by atoms with Crippen molar-refractivity contribution in [3.63, 3.8) is 0 Å². The predicted octanol–water partition coefficient (Wildman–Crippen LogP) is 2.64. The molecule has 2 aromatic carbocycles. The van der Waals surface area contributed by atoms with E-state index in [1.54, 1.807) is 31.4 Å². The van der Waals surface area contributed by atoms with Crippen molar-refractivity contribution in [2.24, 2.45) is 0 Å². The van der Waals surface area contributed by atoms with Gasteiger partial charge in [-0.1, -0.05) is 18.2 Å². The molecule has 0 unspecified atom stereocenters. The van der Waals surface area contributed by atoms with E-state index < -0.39 is 0 Å². The first-order valence-corrected chi connectivity index (χ1v) is 6.71. The van der Waals surface area contributed by atoms with Crippen molar-refractivity contribution in [3.05, 3.63) is 54.1 Å². The first-order chi connectivity index (χ1) is 10.2. The van der Waals surface area contributed by atoms with Crippen LogP contribution in [0.4, 0.5) is 16.2 Å². The summed E-state index contributed by atoms with van der Waals surface area (Å²) < 4.78 is 5.16. The van der Waals surface area contributed by atoms with Crippen LogP contribution in [0, 0.1) is 0 Å². The van der Waals surface area contributed by atoms with Gasteiger partial charge in [-0.05, 0) is 42.3 Å². The van der Waals surface area contributed by atoms with Crippen LogP contribution in [0.5, 0.6) is 5.75 Å². The number of rotatable bonds is 5. The number of nitrogens with one attached hydrogen (secondary N) is 2. The van der Waals surface area contributed by atoms with Crippen molar-refractivity contribution < 1.29 is 9.53 Å².